The van der Waals surface area contributed by atoms with E-state index in [1.807, 2.05) is 0 Å². The molecule has 7 nitrogen and oxygen atoms in total. The zero-order chi connectivity index (χ0) is 20.9. The highest BCUT2D eigenvalue weighted by Gasteiger charge is 2.37. The summed E-state index contributed by atoms with van der Waals surface area (Å²) in [5, 5.41) is 3.56. The number of hydrogen-bond acceptors (Lipinski definition) is 5. The number of nitrogens with zero attached hydrogens (tertiary/aromatic N) is 1. The minimum Gasteiger partial charge on any atom is -0.454 e. The van der Waals surface area contributed by atoms with E-state index in [4.69, 9.17) is 32.7 Å². The quantitative estimate of drug-likeness (QED) is 0.721. The normalized spacial score (nSPS) is 16.6. The summed E-state index contributed by atoms with van der Waals surface area (Å²) in [7, 11) is 0. The van der Waals surface area contributed by atoms with Gasteiger partial charge in [0.1, 0.15) is 11.6 Å². The van der Waals surface area contributed by atoms with Gasteiger partial charge in [0.05, 0.1) is 0 Å². The second kappa shape index (κ2) is 9.47. The molecule has 2 rings (SSSR count). The Morgan fingerprint density at radius 1 is 1.25 bits per heavy atom. The SMILES string of the molecule is CC(C)(C)OC(=O)N1CCC[C@@H]1C(=O)OCC(=O)NCc1ccc(Cl)cc1Cl. The number of likely N-dealkylation sites (tertiary alicyclic amines) is 1. The average molecular weight is 431 g/mol. The van der Waals surface area contributed by atoms with Crippen LogP contribution in [-0.2, 0) is 25.6 Å². The highest BCUT2D eigenvalue weighted by atomic mass is 35.5. The molecule has 2 amide bonds. The molecular formula is C19H24Cl2N2O5. The highest BCUT2D eigenvalue weighted by Crippen LogP contribution is 2.22. The number of carbonyl (C=O) groups is 3. The van der Waals surface area contributed by atoms with Crippen LogP contribution in [0, 0.1) is 0 Å². The Labute approximate surface area is 174 Å². The summed E-state index contributed by atoms with van der Waals surface area (Å²) in [6.45, 7) is 5.42. The molecule has 1 N–H and O–H groups in total. The molecule has 1 aliphatic heterocycles. The number of nitrogens with one attached hydrogen (secondary N) is 1. The molecule has 1 saturated heterocycles. The smallest absolute Gasteiger partial charge is 0.411 e. The van der Waals surface area contributed by atoms with Crippen molar-refractivity contribution in [3.8, 4) is 0 Å². The van der Waals surface area contributed by atoms with Crippen molar-refractivity contribution in [1.82, 2.24) is 10.2 Å². The van der Waals surface area contributed by atoms with Crippen LogP contribution >= 0.6 is 23.2 Å². The van der Waals surface area contributed by atoms with Crippen LogP contribution in [0.5, 0.6) is 0 Å². The first-order chi connectivity index (χ1) is 13.1. The van der Waals surface area contributed by atoms with Crippen molar-refractivity contribution < 1.29 is 23.9 Å². The molecule has 0 aromatic heterocycles. The van der Waals surface area contributed by atoms with Gasteiger partial charge in [-0.15, -0.1) is 0 Å². The maximum Gasteiger partial charge on any atom is 0.411 e. The van der Waals surface area contributed by atoms with Crippen LogP contribution in [0.4, 0.5) is 4.79 Å². The van der Waals surface area contributed by atoms with Crippen molar-refractivity contribution in [2.45, 2.75) is 51.8 Å². The predicted octanol–water partition coefficient (Wildman–Crippen LogP) is 3.55. The van der Waals surface area contributed by atoms with Crippen LogP contribution in [0.2, 0.25) is 10.0 Å². The second-order valence-electron chi connectivity index (χ2n) is 7.45. The maximum absolute atomic E-state index is 12.3. The van der Waals surface area contributed by atoms with Gasteiger partial charge >= 0.3 is 12.1 Å². The minimum absolute atomic E-state index is 0.180. The molecule has 0 unspecified atom stereocenters. The third-order valence-corrected chi connectivity index (χ3v) is 4.58. The van der Waals surface area contributed by atoms with E-state index in [1.165, 1.54) is 4.90 Å². The van der Waals surface area contributed by atoms with Gasteiger partial charge in [0.15, 0.2) is 6.61 Å². The van der Waals surface area contributed by atoms with E-state index in [0.717, 1.165) is 0 Å². The number of rotatable bonds is 5. The summed E-state index contributed by atoms with van der Waals surface area (Å²) in [5.74, 6) is -1.09. The van der Waals surface area contributed by atoms with Gasteiger partial charge in [0, 0.05) is 23.1 Å². The van der Waals surface area contributed by atoms with E-state index < -0.39 is 36.2 Å². The van der Waals surface area contributed by atoms with Crippen molar-refractivity contribution >= 4 is 41.2 Å². The number of carbonyl (C=O) groups excluding carboxylic acids is 3. The molecule has 1 heterocycles. The fourth-order valence-corrected chi connectivity index (χ4v) is 3.17. The lowest BCUT2D eigenvalue weighted by atomic mass is 10.2. The van der Waals surface area contributed by atoms with E-state index in [1.54, 1.807) is 39.0 Å². The number of ether oxygens (including phenoxy) is 2. The molecule has 1 aromatic rings. The zero-order valence-corrected chi connectivity index (χ0v) is 17.6. The van der Waals surface area contributed by atoms with Crippen LogP contribution in [0.25, 0.3) is 0 Å². The molecule has 9 heteroatoms. The molecule has 0 radical (unpaired) electrons. The number of hydrogen-bond donors (Lipinski definition) is 1. The van der Waals surface area contributed by atoms with Gasteiger partial charge in [-0.3, -0.25) is 9.69 Å². The lowest BCUT2D eigenvalue weighted by Gasteiger charge is -2.27. The van der Waals surface area contributed by atoms with Gasteiger partial charge in [-0.05, 0) is 51.3 Å². The molecule has 154 valence electrons. The molecule has 0 saturated carbocycles. The molecule has 0 aliphatic carbocycles. The van der Waals surface area contributed by atoms with E-state index in [0.29, 0.717) is 35.0 Å². The molecule has 28 heavy (non-hydrogen) atoms. The summed E-state index contributed by atoms with van der Waals surface area (Å²) >= 11 is 11.9. The van der Waals surface area contributed by atoms with E-state index in [2.05, 4.69) is 5.32 Å². The van der Waals surface area contributed by atoms with Gasteiger partial charge in [-0.1, -0.05) is 29.3 Å². The maximum atomic E-state index is 12.3. The Morgan fingerprint density at radius 3 is 2.61 bits per heavy atom. The second-order valence-corrected chi connectivity index (χ2v) is 8.30. The van der Waals surface area contributed by atoms with Gasteiger partial charge in [-0.2, -0.15) is 0 Å². The molecule has 0 bridgehead atoms. The number of benzene rings is 1. The first kappa shape index (κ1) is 22.3. The Hall–Kier alpha value is -1.99. The fraction of sp³-hybridized carbons (Fsp3) is 0.526. The van der Waals surface area contributed by atoms with Gasteiger partial charge in [0.2, 0.25) is 0 Å². The van der Waals surface area contributed by atoms with E-state index in [-0.39, 0.29) is 6.54 Å². The van der Waals surface area contributed by atoms with Crippen molar-refractivity contribution in [3.05, 3.63) is 33.8 Å². The first-order valence-electron chi connectivity index (χ1n) is 8.94. The van der Waals surface area contributed by atoms with Crippen molar-refractivity contribution in [3.63, 3.8) is 0 Å². The van der Waals surface area contributed by atoms with Crippen LogP contribution < -0.4 is 5.32 Å². The summed E-state index contributed by atoms with van der Waals surface area (Å²) in [6, 6.07) is 4.21. The third kappa shape index (κ3) is 6.56. The van der Waals surface area contributed by atoms with Crippen molar-refractivity contribution in [2.24, 2.45) is 0 Å². The number of esters is 1. The molecule has 1 aliphatic rings. The molecule has 0 spiro atoms. The predicted molar refractivity (Wildman–Crippen MR) is 105 cm³/mol. The molecule has 1 atom stereocenters. The van der Waals surface area contributed by atoms with Crippen LogP contribution in [0.3, 0.4) is 0 Å². The number of amides is 2. The van der Waals surface area contributed by atoms with E-state index in [9.17, 15) is 14.4 Å². The standard InChI is InChI=1S/C19H24Cl2N2O5/c1-19(2,3)28-18(26)23-8-4-5-15(23)17(25)27-11-16(24)22-10-12-6-7-13(20)9-14(12)21/h6-7,9,15H,4-5,8,10-11H2,1-3H3,(H,22,24)/t15-/m1/s1. The first-order valence-corrected chi connectivity index (χ1v) is 9.69. The van der Waals surface area contributed by atoms with Crippen molar-refractivity contribution in [1.29, 1.82) is 0 Å². The summed E-state index contributed by atoms with van der Waals surface area (Å²) in [4.78, 5) is 37.8. The summed E-state index contributed by atoms with van der Waals surface area (Å²) in [6.07, 6.45) is 0.578. The molecule has 1 aromatic carbocycles. The Kier molecular flexibility index (Phi) is 7.55. The molecular weight excluding hydrogens is 407 g/mol. The van der Waals surface area contributed by atoms with Crippen LogP contribution in [0.15, 0.2) is 18.2 Å². The summed E-state index contributed by atoms with van der Waals surface area (Å²) in [5.41, 5.74) is 0.0365. The van der Waals surface area contributed by atoms with Crippen LogP contribution in [-0.4, -0.2) is 47.7 Å². The molecule has 1 fully saturated rings. The van der Waals surface area contributed by atoms with E-state index >= 15 is 0 Å². The minimum atomic E-state index is -0.742. The topological polar surface area (TPSA) is 84.9 Å². The Morgan fingerprint density at radius 2 is 1.96 bits per heavy atom. The zero-order valence-electron chi connectivity index (χ0n) is 16.1. The van der Waals surface area contributed by atoms with Crippen LogP contribution in [0.1, 0.15) is 39.2 Å². The lowest BCUT2D eigenvalue weighted by molar-refractivity contribution is -0.152. The largest absolute Gasteiger partial charge is 0.454 e. The van der Waals surface area contributed by atoms with Gasteiger partial charge in [0.25, 0.3) is 5.91 Å². The van der Waals surface area contributed by atoms with Crippen molar-refractivity contribution in [2.75, 3.05) is 13.2 Å². The Balaban J connectivity index is 1.81. The lowest BCUT2D eigenvalue weighted by Crippen LogP contribution is -2.44. The average Bonchev–Trinajstić information content (AvgIpc) is 3.07. The van der Waals surface area contributed by atoms with Gasteiger partial charge in [-0.25, -0.2) is 9.59 Å². The van der Waals surface area contributed by atoms with Gasteiger partial charge < -0.3 is 14.8 Å². The number of halogens is 2. The monoisotopic (exact) mass is 430 g/mol. The fourth-order valence-electron chi connectivity index (χ4n) is 2.69. The third-order valence-electron chi connectivity index (χ3n) is 3.99. The Bertz CT molecular complexity index is 748. The highest BCUT2D eigenvalue weighted by molar-refractivity contribution is 6.35. The summed E-state index contributed by atoms with van der Waals surface area (Å²) < 4.78 is 10.4.